The zero-order valence-corrected chi connectivity index (χ0v) is 20.8. The number of pyridine rings is 1. The summed E-state index contributed by atoms with van der Waals surface area (Å²) in [4.78, 5) is 42.5. The number of carbonyl (C=O) groups is 3. The summed E-state index contributed by atoms with van der Waals surface area (Å²) in [5, 5.41) is 13.6. The first-order valence-electron chi connectivity index (χ1n) is 11.5. The van der Waals surface area contributed by atoms with Crippen LogP contribution in [-0.2, 0) is 9.47 Å². The average molecular weight is 498 g/mol. The number of rotatable bonds is 11. The monoisotopic (exact) mass is 497 g/mol. The number of nitrogens with one attached hydrogen (secondary N) is 1. The molecular formula is C26H31N3O7. The van der Waals surface area contributed by atoms with Gasteiger partial charge in [-0.2, -0.15) is 0 Å². The largest absolute Gasteiger partial charge is 0.496 e. The Labute approximate surface area is 209 Å². The number of benzene rings is 1. The summed E-state index contributed by atoms with van der Waals surface area (Å²) in [5.41, 5.74) is 1.56. The van der Waals surface area contributed by atoms with E-state index in [2.05, 4.69) is 16.9 Å². The van der Waals surface area contributed by atoms with Crippen LogP contribution in [0.15, 0.2) is 30.8 Å². The molecule has 10 heteroatoms. The van der Waals surface area contributed by atoms with E-state index in [0.717, 1.165) is 12.8 Å². The first-order chi connectivity index (χ1) is 17.2. The quantitative estimate of drug-likeness (QED) is 0.273. The minimum absolute atomic E-state index is 0.163. The van der Waals surface area contributed by atoms with Crippen LogP contribution in [0.4, 0.5) is 4.79 Å². The molecule has 2 unspecified atom stereocenters. The minimum Gasteiger partial charge on any atom is -0.496 e. The maximum absolute atomic E-state index is 13.2. The van der Waals surface area contributed by atoms with Crippen molar-refractivity contribution < 1.29 is 33.7 Å². The number of aldehydes is 1. The van der Waals surface area contributed by atoms with Crippen molar-refractivity contribution in [3.05, 3.63) is 53.4 Å². The number of aromatic nitrogens is 1. The molecule has 2 N–H and O–H groups in total. The fourth-order valence-electron chi connectivity index (χ4n) is 3.46. The standard InChI is InChI=1S/C26H31N3O7/c1-6-17-11-18(14-30)20(12-22(17)34-5)19-9-10-21(24(31)27-13-16-7-8-16)28-23(19)25(32)35-15(2)36-26(33)29(3)4/h6,9-12,14-16,24,27,31H,1,7-8,13H2,2-5H3. The second-order valence-electron chi connectivity index (χ2n) is 8.64. The predicted molar refractivity (Wildman–Crippen MR) is 132 cm³/mol. The highest BCUT2D eigenvalue weighted by Crippen LogP contribution is 2.34. The molecule has 1 saturated carbocycles. The van der Waals surface area contributed by atoms with E-state index in [4.69, 9.17) is 14.2 Å². The number of methoxy groups -OCH3 is 1. The molecule has 3 rings (SSSR count). The SMILES string of the molecule is C=Cc1cc(C=O)c(-c2ccc(C(O)NCC3CC3)nc2C(=O)OC(C)OC(=O)N(C)C)cc1OC. The van der Waals surface area contributed by atoms with Gasteiger partial charge in [-0.3, -0.25) is 10.1 Å². The predicted octanol–water partition coefficient (Wildman–Crippen LogP) is 3.40. The second kappa shape index (κ2) is 11.8. The van der Waals surface area contributed by atoms with Gasteiger partial charge in [-0.15, -0.1) is 0 Å². The lowest BCUT2D eigenvalue weighted by atomic mass is 9.95. The van der Waals surface area contributed by atoms with Gasteiger partial charge in [0.05, 0.1) is 12.8 Å². The van der Waals surface area contributed by atoms with Crippen LogP contribution < -0.4 is 10.1 Å². The maximum Gasteiger partial charge on any atom is 0.412 e. The number of hydrogen-bond acceptors (Lipinski definition) is 9. The molecule has 1 amide bonds. The Bertz CT molecular complexity index is 1140. The van der Waals surface area contributed by atoms with Crippen LogP contribution in [-0.4, -0.2) is 67.4 Å². The molecule has 1 fully saturated rings. The Morgan fingerprint density at radius 1 is 1.22 bits per heavy atom. The molecule has 1 aromatic heterocycles. The van der Waals surface area contributed by atoms with Gasteiger partial charge in [-0.1, -0.05) is 12.7 Å². The van der Waals surface area contributed by atoms with Crippen molar-refractivity contribution in [1.82, 2.24) is 15.2 Å². The van der Waals surface area contributed by atoms with Gasteiger partial charge < -0.3 is 24.2 Å². The Balaban J connectivity index is 2.03. The number of amides is 1. The van der Waals surface area contributed by atoms with E-state index in [-0.39, 0.29) is 22.5 Å². The lowest BCUT2D eigenvalue weighted by molar-refractivity contribution is -0.0668. The summed E-state index contributed by atoms with van der Waals surface area (Å²) in [7, 11) is 4.47. The number of nitrogens with zero attached hydrogens (tertiary/aromatic N) is 2. The third-order valence-electron chi connectivity index (χ3n) is 5.63. The van der Waals surface area contributed by atoms with Crippen molar-refractivity contribution in [2.24, 2.45) is 5.92 Å². The van der Waals surface area contributed by atoms with Crippen LogP contribution in [0.25, 0.3) is 17.2 Å². The molecular weight excluding hydrogens is 466 g/mol. The first kappa shape index (κ1) is 26.8. The van der Waals surface area contributed by atoms with Crippen molar-refractivity contribution >= 4 is 24.4 Å². The number of carbonyl (C=O) groups excluding carboxylic acids is 3. The highest BCUT2D eigenvalue weighted by Gasteiger charge is 2.26. The Kier molecular flexibility index (Phi) is 8.78. The van der Waals surface area contributed by atoms with E-state index < -0.39 is 24.6 Å². The molecule has 0 radical (unpaired) electrons. The summed E-state index contributed by atoms with van der Waals surface area (Å²) in [5.74, 6) is 0.0545. The van der Waals surface area contributed by atoms with Crippen LogP contribution in [0.2, 0.25) is 0 Å². The normalized spacial score (nSPS) is 14.4. The molecule has 10 nitrogen and oxygen atoms in total. The van der Waals surface area contributed by atoms with Crippen LogP contribution in [0.1, 0.15) is 58.1 Å². The third-order valence-corrected chi connectivity index (χ3v) is 5.63. The topological polar surface area (TPSA) is 127 Å². The number of aliphatic hydroxyl groups excluding tert-OH is 1. The molecule has 0 spiro atoms. The summed E-state index contributed by atoms with van der Waals surface area (Å²) in [6.45, 7) is 5.75. The smallest absolute Gasteiger partial charge is 0.412 e. The van der Waals surface area contributed by atoms with Gasteiger partial charge in [-0.25, -0.2) is 14.6 Å². The summed E-state index contributed by atoms with van der Waals surface area (Å²) >= 11 is 0. The fraction of sp³-hybridized carbons (Fsp3) is 0.385. The van der Waals surface area contributed by atoms with Crippen LogP contribution in [0.5, 0.6) is 5.75 Å². The molecule has 1 aromatic carbocycles. The zero-order chi connectivity index (χ0) is 26.4. The lowest BCUT2D eigenvalue weighted by Gasteiger charge is -2.19. The molecule has 1 aliphatic carbocycles. The minimum atomic E-state index is -1.22. The third kappa shape index (κ3) is 6.46. The van der Waals surface area contributed by atoms with E-state index in [1.165, 1.54) is 33.0 Å². The average Bonchev–Trinajstić information content (AvgIpc) is 3.70. The molecule has 0 aliphatic heterocycles. The fourth-order valence-corrected chi connectivity index (χ4v) is 3.46. The van der Waals surface area contributed by atoms with Gasteiger partial charge in [0.1, 0.15) is 12.0 Å². The Hall–Kier alpha value is -3.76. The van der Waals surface area contributed by atoms with Gasteiger partial charge in [0.2, 0.25) is 6.29 Å². The molecule has 36 heavy (non-hydrogen) atoms. The van der Waals surface area contributed by atoms with E-state index in [0.29, 0.717) is 35.6 Å². The van der Waals surface area contributed by atoms with Crippen molar-refractivity contribution in [3.8, 4) is 16.9 Å². The van der Waals surface area contributed by atoms with Gasteiger partial charge in [-0.05, 0) is 48.6 Å². The van der Waals surface area contributed by atoms with Crippen LogP contribution in [0, 0.1) is 5.92 Å². The Morgan fingerprint density at radius 2 is 1.94 bits per heavy atom. The summed E-state index contributed by atoms with van der Waals surface area (Å²) in [6.07, 6.45) is 1.39. The molecule has 0 saturated heterocycles. The van der Waals surface area contributed by atoms with E-state index in [1.54, 1.807) is 30.3 Å². The van der Waals surface area contributed by atoms with Crippen molar-refractivity contribution in [2.45, 2.75) is 32.3 Å². The van der Waals surface area contributed by atoms with Crippen molar-refractivity contribution in [2.75, 3.05) is 27.7 Å². The first-order valence-corrected chi connectivity index (χ1v) is 11.5. The van der Waals surface area contributed by atoms with Gasteiger partial charge >= 0.3 is 12.1 Å². The number of ether oxygens (including phenoxy) is 3. The van der Waals surface area contributed by atoms with E-state index in [1.807, 2.05) is 0 Å². The lowest BCUT2D eigenvalue weighted by Crippen LogP contribution is -2.30. The van der Waals surface area contributed by atoms with Gasteiger partial charge in [0, 0.05) is 44.3 Å². The highest BCUT2D eigenvalue weighted by atomic mass is 16.7. The van der Waals surface area contributed by atoms with E-state index in [9.17, 15) is 19.5 Å². The van der Waals surface area contributed by atoms with Crippen molar-refractivity contribution in [3.63, 3.8) is 0 Å². The molecule has 2 aromatic rings. The molecule has 0 bridgehead atoms. The highest BCUT2D eigenvalue weighted by molar-refractivity contribution is 5.99. The number of hydrogen-bond donors (Lipinski definition) is 2. The van der Waals surface area contributed by atoms with Crippen LogP contribution >= 0.6 is 0 Å². The maximum atomic E-state index is 13.2. The zero-order valence-electron chi connectivity index (χ0n) is 20.8. The summed E-state index contributed by atoms with van der Waals surface area (Å²) < 4.78 is 15.8. The molecule has 2 atom stereocenters. The Morgan fingerprint density at radius 3 is 2.53 bits per heavy atom. The molecule has 192 valence electrons. The van der Waals surface area contributed by atoms with Crippen molar-refractivity contribution in [1.29, 1.82) is 0 Å². The number of esters is 1. The molecule has 1 aliphatic rings. The number of aliphatic hydroxyl groups is 1. The molecule has 1 heterocycles. The second-order valence-corrected chi connectivity index (χ2v) is 8.64. The van der Waals surface area contributed by atoms with Gasteiger partial charge in [0.25, 0.3) is 0 Å². The summed E-state index contributed by atoms with van der Waals surface area (Å²) in [6, 6.07) is 6.33. The van der Waals surface area contributed by atoms with Gasteiger partial charge in [0.15, 0.2) is 12.0 Å². The van der Waals surface area contributed by atoms with Crippen LogP contribution in [0.3, 0.4) is 0 Å². The van der Waals surface area contributed by atoms with E-state index >= 15 is 0 Å².